The molecule has 0 spiro atoms. The molecule has 0 aromatic heterocycles. The maximum Gasteiger partial charge on any atom is 0.191 e. The van der Waals surface area contributed by atoms with Gasteiger partial charge in [-0.2, -0.15) is 5.10 Å². The second kappa shape index (κ2) is 7.64. The van der Waals surface area contributed by atoms with Crippen molar-refractivity contribution in [3.05, 3.63) is 76.8 Å². The molecule has 3 aromatic rings. The van der Waals surface area contributed by atoms with Crippen LogP contribution >= 0.6 is 23.8 Å². The molecular weight excluding hydrogens is 350 g/mol. The van der Waals surface area contributed by atoms with Gasteiger partial charge in [0.1, 0.15) is 0 Å². The zero-order chi connectivity index (χ0) is 17.8. The van der Waals surface area contributed by atoms with Crippen LogP contribution in [0.4, 0.5) is 5.69 Å². The zero-order valence-corrected chi connectivity index (χ0v) is 15.6. The lowest BCUT2D eigenvalue weighted by Crippen LogP contribution is -2.25. The van der Waals surface area contributed by atoms with Crippen molar-refractivity contribution in [3.8, 4) is 0 Å². The monoisotopic (exact) mass is 367 g/mol. The van der Waals surface area contributed by atoms with E-state index in [2.05, 4.69) is 46.2 Å². The van der Waals surface area contributed by atoms with Crippen LogP contribution in [0.3, 0.4) is 0 Å². The van der Waals surface area contributed by atoms with Crippen molar-refractivity contribution >= 4 is 51.1 Å². The minimum atomic E-state index is 0.422. The van der Waals surface area contributed by atoms with E-state index in [0.29, 0.717) is 10.1 Å². The summed E-state index contributed by atoms with van der Waals surface area (Å²) in [7, 11) is 0. The SMILES string of the molecule is C/C(=N/NC(=S)Nc1cccc(Cl)c1C)c1ccc2ccccc2c1. The van der Waals surface area contributed by atoms with Crippen molar-refractivity contribution in [2.24, 2.45) is 5.10 Å². The second-order valence-electron chi connectivity index (χ2n) is 5.74. The van der Waals surface area contributed by atoms with Gasteiger partial charge in [0.15, 0.2) is 5.11 Å². The molecule has 2 N–H and O–H groups in total. The lowest BCUT2D eigenvalue weighted by atomic mass is 10.0. The average molecular weight is 368 g/mol. The summed E-state index contributed by atoms with van der Waals surface area (Å²) in [5, 5.41) is 11.0. The number of anilines is 1. The molecule has 25 heavy (non-hydrogen) atoms. The third-order valence-electron chi connectivity index (χ3n) is 4.01. The topological polar surface area (TPSA) is 36.4 Å². The molecule has 0 aliphatic rings. The summed E-state index contributed by atoms with van der Waals surface area (Å²) in [5.41, 5.74) is 6.61. The van der Waals surface area contributed by atoms with E-state index in [1.807, 2.05) is 44.2 Å². The van der Waals surface area contributed by atoms with E-state index in [9.17, 15) is 0 Å². The minimum absolute atomic E-state index is 0.422. The molecule has 0 saturated heterocycles. The first kappa shape index (κ1) is 17.4. The molecule has 3 aromatic carbocycles. The highest BCUT2D eigenvalue weighted by Gasteiger charge is 2.04. The molecule has 0 fully saturated rings. The highest BCUT2D eigenvalue weighted by molar-refractivity contribution is 7.80. The number of benzene rings is 3. The number of rotatable bonds is 3. The van der Waals surface area contributed by atoms with Gasteiger partial charge < -0.3 is 5.32 Å². The normalized spacial score (nSPS) is 11.4. The van der Waals surface area contributed by atoms with Gasteiger partial charge in [-0.25, -0.2) is 0 Å². The van der Waals surface area contributed by atoms with Crippen molar-refractivity contribution in [2.75, 3.05) is 5.32 Å². The molecule has 0 heterocycles. The summed E-state index contributed by atoms with van der Waals surface area (Å²) in [4.78, 5) is 0. The predicted octanol–water partition coefficient (Wildman–Crippen LogP) is 5.51. The molecule has 0 aliphatic heterocycles. The number of nitrogens with one attached hydrogen (secondary N) is 2. The largest absolute Gasteiger partial charge is 0.331 e. The third-order valence-corrected chi connectivity index (χ3v) is 4.61. The van der Waals surface area contributed by atoms with Crippen LogP contribution in [0.5, 0.6) is 0 Å². The Labute approximate surface area is 157 Å². The fourth-order valence-electron chi connectivity index (χ4n) is 2.51. The molecule has 0 saturated carbocycles. The maximum absolute atomic E-state index is 6.12. The van der Waals surface area contributed by atoms with E-state index in [1.54, 1.807) is 0 Å². The van der Waals surface area contributed by atoms with Crippen LogP contribution in [0.1, 0.15) is 18.1 Å². The third kappa shape index (κ3) is 4.16. The van der Waals surface area contributed by atoms with E-state index < -0.39 is 0 Å². The molecule has 0 radical (unpaired) electrons. The van der Waals surface area contributed by atoms with E-state index in [4.69, 9.17) is 23.8 Å². The Kier molecular flexibility index (Phi) is 5.31. The van der Waals surface area contributed by atoms with Crippen LogP contribution in [-0.4, -0.2) is 10.8 Å². The first-order chi connectivity index (χ1) is 12.0. The van der Waals surface area contributed by atoms with Gasteiger partial charge in [0, 0.05) is 10.7 Å². The summed E-state index contributed by atoms with van der Waals surface area (Å²) >= 11 is 11.4. The molecule has 0 amide bonds. The molecule has 0 aliphatic carbocycles. The summed E-state index contributed by atoms with van der Waals surface area (Å²) < 4.78 is 0. The van der Waals surface area contributed by atoms with E-state index in [-0.39, 0.29) is 0 Å². The quantitative estimate of drug-likeness (QED) is 0.364. The van der Waals surface area contributed by atoms with E-state index in [1.165, 1.54) is 10.8 Å². The van der Waals surface area contributed by atoms with Gasteiger partial charge in [0.05, 0.1) is 5.71 Å². The van der Waals surface area contributed by atoms with Crippen molar-refractivity contribution in [3.63, 3.8) is 0 Å². The van der Waals surface area contributed by atoms with Crippen molar-refractivity contribution in [1.29, 1.82) is 0 Å². The Morgan fingerprint density at radius 1 is 1.00 bits per heavy atom. The van der Waals surface area contributed by atoms with Gasteiger partial charge in [-0.1, -0.05) is 54.1 Å². The lowest BCUT2D eigenvalue weighted by Gasteiger charge is -2.11. The summed E-state index contributed by atoms with van der Waals surface area (Å²) in [6.07, 6.45) is 0. The molecule has 3 nitrogen and oxygen atoms in total. The Balaban J connectivity index is 1.71. The van der Waals surface area contributed by atoms with Gasteiger partial charge in [-0.3, -0.25) is 5.43 Å². The fraction of sp³-hybridized carbons (Fsp3) is 0.100. The van der Waals surface area contributed by atoms with Gasteiger partial charge in [0.25, 0.3) is 0 Å². The Hall–Kier alpha value is -2.43. The molecule has 0 unspecified atom stereocenters. The number of hydrogen-bond acceptors (Lipinski definition) is 2. The van der Waals surface area contributed by atoms with E-state index in [0.717, 1.165) is 22.5 Å². The van der Waals surface area contributed by atoms with Crippen molar-refractivity contribution < 1.29 is 0 Å². The first-order valence-corrected chi connectivity index (χ1v) is 8.69. The zero-order valence-electron chi connectivity index (χ0n) is 14.0. The first-order valence-electron chi connectivity index (χ1n) is 7.90. The minimum Gasteiger partial charge on any atom is -0.331 e. The smallest absolute Gasteiger partial charge is 0.191 e. The maximum atomic E-state index is 6.12. The molecule has 5 heteroatoms. The fourth-order valence-corrected chi connectivity index (χ4v) is 2.84. The summed E-state index contributed by atoms with van der Waals surface area (Å²) in [5.74, 6) is 0. The van der Waals surface area contributed by atoms with Crippen LogP contribution in [0.15, 0.2) is 65.8 Å². The number of halogens is 1. The second-order valence-corrected chi connectivity index (χ2v) is 6.55. The molecule has 126 valence electrons. The number of nitrogens with zero attached hydrogens (tertiary/aromatic N) is 1. The molecular formula is C20H18ClN3S. The van der Waals surface area contributed by atoms with Gasteiger partial charge in [-0.05, 0) is 66.2 Å². The van der Waals surface area contributed by atoms with Gasteiger partial charge in [-0.15, -0.1) is 0 Å². The Morgan fingerprint density at radius 2 is 1.76 bits per heavy atom. The average Bonchev–Trinajstić information content (AvgIpc) is 2.63. The van der Waals surface area contributed by atoms with Crippen LogP contribution < -0.4 is 10.7 Å². The standard InChI is InChI=1S/C20H18ClN3S/c1-13-18(21)8-5-9-19(13)22-20(25)24-23-14(2)16-11-10-15-6-3-4-7-17(15)12-16/h3-12H,1-2H3,(H2,22,24,25)/b23-14-. The van der Waals surface area contributed by atoms with Gasteiger partial charge >= 0.3 is 0 Å². The Morgan fingerprint density at radius 3 is 2.56 bits per heavy atom. The highest BCUT2D eigenvalue weighted by Crippen LogP contribution is 2.22. The van der Waals surface area contributed by atoms with Crippen molar-refractivity contribution in [1.82, 2.24) is 5.43 Å². The number of thiocarbonyl (C=S) groups is 1. The van der Waals surface area contributed by atoms with Crippen LogP contribution in [0.25, 0.3) is 10.8 Å². The lowest BCUT2D eigenvalue weighted by molar-refractivity contribution is 1.04. The highest BCUT2D eigenvalue weighted by atomic mass is 35.5. The number of hydrazone groups is 1. The Bertz CT molecular complexity index is 966. The predicted molar refractivity (Wildman–Crippen MR) is 112 cm³/mol. The molecule has 0 atom stereocenters. The van der Waals surface area contributed by atoms with Crippen LogP contribution in [0, 0.1) is 6.92 Å². The number of fused-ring (bicyclic) bond motifs is 1. The number of hydrogen-bond donors (Lipinski definition) is 2. The van der Waals surface area contributed by atoms with Gasteiger partial charge in [0.2, 0.25) is 0 Å². The van der Waals surface area contributed by atoms with Crippen LogP contribution in [0.2, 0.25) is 5.02 Å². The van der Waals surface area contributed by atoms with Crippen molar-refractivity contribution in [2.45, 2.75) is 13.8 Å². The summed E-state index contributed by atoms with van der Waals surface area (Å²) in [6.45, 7) is 3.89. The van der Waals surface area contributed by atoms with Crippen LogP contribution in [-0.2, 0) is 0 Å². The summed E-state index contributed by atoms with van der Waals surface area (Å²) in [6, 6.07) is 20.2. The van der Waals surface area contributed by atoms with E-state index >= 15 is 0 Å². The molecule has 3 rings (SSSR count). The molecule has 0 bridgehead atoms.